The van der Waals surface area contributed by atoms with E-state index in [-0.39, 0.29) is 16.0 Å². The van der Waals surface area contributed by atoms with Gasteiger partial charge in [0.25, 0.3) is 0 Å². The van der Waals surface area contributed by atoms with Gasteiger partial charge in [-0.2, -0.15) is 0 Å². The first-order valence-corrected chi connectivity index (χ1v) is 5.11. The van der Waals surface area contributed by atoms with Gasteiger partial charge in [-0.25, -0.2) is 9.97 Å². The Labute approximate surface area is 98.5 Å². The highest BCUT2D eigenvalue weighted by molar-refractivity contribution is 6.34. The minimum atomic E-state index is -0.182. The second kappa shape index (κ2) is 4.33. The summed E-state index contributed by atoms with van der Waals surface area (Å²) in [5, 5.41) is 10.6. The highest BCUT2D eigenvalue weighted by Crippen LogP contribution is 2.23. The van der Waals surface area contributed by atoms with Crippen LogP contribution in [0.2, 0.25) is 10.4 Å². The van der Waals surface area contributed by atoms with Crippen LogP contribution in [0, 0.1) is 5.41 Å². The van der Waals surface area contributed by atoms with Crippen LogP contribution in [-0.2, 0) is 0 Å². The summed E-state index contributed by atoms with van der Waals surface area (Å²) in [6, 6.07) is 0. The molecule has 4 nitrogen and oxygen atoms in total. The van der Waals surface area contributed by atoms with E-state index in [2.05, 4.69) is 15.3 Å². The van der Waals surface area contributed by atoms with Gasteiger partial charge >= 0.3 is 0 Å². The van der Waals surface area contributed by atoms with Crippen molar-refractivity contribution in [2.75, 3.05) is 5.32 Å². The molecular weight excluding hydrogens is 235 g/mol. The maximum absolute atomic E-state index is 7.23. The van der Waals surface area contributed by atoms with Gasteiger partial charge in [-0.3, -0.25) is 0 Å². The van der Waals surface area contributed by atoms with Crippen molar-refractivity contribution in [3.63, 3.8) is 0 Å². The van der Waals surface area contributed by atoms with Gasteiger partial charge < -0.3 is 10.7 Å². The molecule has 82 valence electrons. The molecule has 6 heteroatoms. The summed E-state index contributed by atoms with van der Waals surface area (Å²) in [5.74, 6) is 0.475. The third-order valence-electron chi connectivity index (χ3n) is 1.51. The highest BCUT2D eigenvalue weighted by atomic mass is 35.5. The SMILES string of the molecule is CC(C)(C)Nc1nc(Cl)nc(Cl)c1C=N. The van der Waals surface area contributed by atoms with Crippen LogP contribution < -0.4 is 5.32 Å². The minimum Gasteiger partial charge on any atom is -0.365 e. The normalized spacial score (nSPS) is 11.3. The summed E-state index contributed by atoms with van der Waals surface area (Å²) in [7, 11) is 0. The van der Waals surface area contributed by atoms with E-state index in [0.717, 1.165) is 6.21 Å². The van der Waals surface area contributed by atoms with E-state index >= 15 is 0 Å². The van der Waals surface area contributed by atoms with Crippen LogP contribution in [0.4, 0.5) is 5.82 Å². The molecule has 1 aromatic heterocycles. The predicted octanol–water partition coefficient (Wildman–Crippen LogP) is 2.99. The van der Waals surface area contributed by atoms with E-state index in [1.54, 1.807) is 0 Å². The first-order valence-electron chi connectivity index (χ1n) is 4.35. The molecule has 0 amide bonds. The smallest absolute Gasteiger partial charge is 0.225 e. The summed E-state index contributed by atoms with van der Waals surface area (Å²) in [4.78, 5) is 7.76. The molecule has 0 radical (unpaired) electrons. The summed E-state index contributed by atoms with van der Waals surface area (Å²) >= 11 is 11.5. The lowest BCUT2D eigenvalue weighted by molar-refractivity contribution is 0.630. The number of rotatable bonds is 2. The van der Waals surface area contributed by atoms with Crippen LogP contribution in [0.15, 0.2) is 0 Å². The number of anilines is 1. The largest absolute Gasteiger partial charge is 0.365 e. The Morgan fingerprint density at radius 1 is 1.27 bits per heavy atom. The standard InChI is InChI=1S/C9H12Cl2N4/c1-9(2,3)15-7-5(4-12)6(10)13-8(11)14-7/h4,12H,1-3H3,(H,13,14,15). The van der Waals surface area contributed by atoms with Gasteiger partial charge in [0.1, 0.15) is 11.0 Å². The summed E-state index contributed by atoms with van der Waals surface area (Å²) in [6.45, 7) is 5.93. The summed E-state index contributed by atoms with van der Waals surface area (Å²) < 4.78 is 0. The third kappa shape index (κ3) is 3.32. The molecule has 0 unspecified atom stereocenters. The summed E-state index contributed by atoms with van der Waals surface area (Å²) in [5.41, 5.74) is 0.259. The lowest BCUT2D eigenvalue weighted by atomic mass is 10.1. The van der Waals surface area contributed by atoms with Crippen molar-refractivity contribution in [1.82, 2.24) is 9.97 Å². The zero-order valence-electron chi connectivity index (χ0n) is 8.73. The average molecular weight is 247 g/mol. The van der Waals surface area contributed by atoms with Gasteiger partial charge in [-0.15, -0.1) is 0 Å². The van der Waals surface area contributed by atoms with Gasteiger partial charge in [0.2, 0.25) is 5.28 Å². The van der Waals surface area contributed by atoms with E-state index in [1.807, 2.05) is 20.8 Å². The molecule has 0 aliphatic carbocycles. The number of nitrogens with zero attached hydrogens (tertiary/aromatic N) is 2. The number of nitrogens with one attached hydrogen (secondary N) is 2. The van der Waals surface area contributed by atoms with Crippen LogP contribution in [-0.4, -0.2) is 21.7 Å². The Kier molecular flexibility index (Phi) is 3.52. The summed E-state index contributed by atoms with van der Waals surface area (Å²) in [6.07, 6.45) is 1.10. The molecule has 0 saturated carbocycles. The topological polar surface area (TPSA) is 61.7 Å². The Hall–Kier alpha value is -0.870. The Balaban J connectivity index is 3.21. The Morgan fingerprint density at radius 2 is 1.87 bits per heavy atom. The van der Waals surface area contributed by atoms with Crippen molar-refractivity contribution >= 4 is 35.2 Å². The van der Waals surface area contributed by atoms with Gasteiger partial charge in [0.05, 0.1) is 5.56 Å². The number of aromatic nitrogens is 2. The average Bonchev–Trinajstić information content (AvgIpc) is 1.99. The molecule has 1 aromatic rings. The minimum absolute atomic E-state index is 0.0670. The highest BCUT2D eigenvalue weighted by Gasteiger charge is 2.16. The van der Waals surface area contributed by atoms with Gasteiger partial charge in [-0.05, 0) is 32.4 Å². The predicted molar refractivity (Wildman–Crippen MR) is 63.3 cm³/mol. The van der Waals surface area contributed by atoms with Crippen LogP contribution >= 0.6 is 23.2 Å². The molecule has 0 aliphatic heterocycles. The van der Waals surface area contributed by atoms with Crippen LogP contribution in [0.5, 0.6) is 0 Å². The maximum Gasteiger partial charge on any atom is 0.225 e. The van der Waals surface area contributed by atoms with Crippen molar-refractivity contribution in [2.24, 2.45) is 0 Å². The molecule has 2 N–H and O–H groups in total. The molecule has 0 fully saturated rings. The first kappa shape index (κ1) is 12.2. The molecule has 0 bridgehead atoms. The quantitative estimate of drug-likeness (QED) is 0.479. The first-order chi connectivity index (χ1) is 6.83. The Morgan fingerprint density at radius 3 is 2.33 bits per heavy atom. The molecule has 0 aliphatic rings. The lowest BCUT2D eigenvalue weighted by Gasteiger charge is -2.22. The maximum atomic E-state index is 7.23. The van der Waals surface area contributed by atoms with E-state index in [1.165, 1.54) is 0 Å². The fourth-order valence-electron chi connectivity index (χ4n) is 0.995. The van der Waals surface area contributed by atoms with Crippen molar-refractivity contribution in [1.29, 1.82) is 5.41 Å². The van der Waals surface area contributed by atoms with Crippen molar-refractivity contribution in [3.05, 3.63) is 16.0 Å². The number of hydrogen-bond acceptors (Lipinski definition) is 4. The molecule has 0 saturated heterocycles. The molecular formula is C9H12Cl2N4. The monoisotopic (exact) mass is 246 g/mol. The molecule has 0 spiro atoms. The lowest BCUT2D eigenvalue weighted by Crippen LogP contribution is -2.27. The zero-order valence-corrected chi connectivity index (χ0v) is 10.2. The van der Waals surface area contributed by atoms with Gasteiger partial charge in [-0.1, -0.05) is 11.6 Å². The Bertz CT molecular complexity index is 384. The molecule has 1 heterocycles. The fourth-order valence-corrected chi connectivity index (χ4v) is 1.43. The van der Waals surface area contributed by atoms with E-state index in [4.69, 9.17) is 28.6 Å². The molecule has 0 aromatic carbocycles. The van der Waals surface area contributed by atoms with Crippen LogP contribution in [0.1, 0.15) is 26.3 Å². The second-order valence-electron chi connectivity index (χ2n) is 4.07. The van der Waals surface area contributed by atoms with Gasteiger partial charge in [0, 0.05) is 11.8 Å². The fraction of sp³-hybridized carbons (Fsp3) is 0.444. The zero-order chi connectivity index (χ0) is 11.6. The molecule has 1 rings (SSSR count). The van der Waals surface area contributed by atoms with Gasteiger partial charge in [0.15, 0.2) is 0 Å². The molecule has 0 atom stereocenters. The van der Waals surface area contributed by atoms with Crippen LogP contribution in [0.3, 0.4) is 0 Å². The van der Waals surface area contributed by atoms with E-state index in [0.29, 0.717) is 11.4 Å². The van der Waals surface area contributed by atoms with Crippen molar-refractivity contribution in [3.8, 4) is 0 Å². The number of hydrogen-bond donors (Lipinski definition) is 2. The van der Waals surface area contributed by atoms with Crippen LogP contribution in [0.25, 0.3) is 0 Å². The van der Waals surface area contributed by atoms with E-state index in [9.17, 15) is 0 Å². The second-order valence-corrected chi connectivity index (χ2v) is 4.76. The van der Waals surface area contributed by atoms with E-state index < -0.39 is 0 Å². The number of halogens is 2. The third-order valence-corrected chi connectivity index (χ3v) is 1.97. The van der Waals surface area contributed by atoms with Crippen molar-refractivity contribution in [2.45, 2.75) is 26.3 Å². The van der Waals surface area contributed by atoms with Crippen molar-refractivity contribution < 1.29 is 0 Å². The molecule has 15 heavy (non-hydrogen) atoms.